The van der Waals surface area contributed by atoms with Gasteiger partial charge in [-0.1, -0.05) is 18.5 Å². The lowest BCUT2D eigenvalue weighted by molar-refractivity contribution is 0.0861. The minimum Gasteiger partial charge on any atom is -0.496 e. The molecule has 84 valence electrons. The average Bonchev–Trinajstić information content (AvgIpc) is 2.25. The summed E-state index contributed by atoms with van der Waals surface area (Å²) in [4.78, 5) is 4.81. The number of nitrogens with one attached hydrogen (secondary N) is 1. The van der Waals surface area contributed by atoms with Gasteiger partial charge >= 0.3 is 0 Å². The molecule has 1 aromatic rings. The maximum absolute atomic E-state index is 6.01. The molecular weight excluding hydrogens is 214 g/mol. The van der Waals surface area contributed by atoms with Gasteiger partial charge in [-0.05, 0) is 24.1 Å². The van der Waals surface area contributed by atoms with Crippen LogP contribution in [-0.4, -0.2) is 14.2 Å². The van der Waals surface area contributed by atoms with Crippen LogP contribution in [0.4, 0.5) is 0 Å². The molecule has 15 heavy (non-hydrogen) atoms. The minimum absolute atomic E-state index is 0.577. The normalized spacial score (nSPS) is 10.4. The molecule has 0 heterocycles. The van der Waals surface area contributed by atoms with Crippen molar-refractivity contribution in [3.63, 3.8) is 0 Å². The molecule has 4 heteroatoms. The van der Waals surface area contributed by atoms with Crippen LogP contribution < -0.4 is 10.2 Å². The number of ether oxygens (including phenoxy) is 1. The van der Waals surface area contributed by atoms with Crippen molar-refractivity contribution in [1.82, 2.24) is 5.48 Å². The van der Waals surface area contributed by atoms with E-state index in [0.717, 1.165) is 28.3 Å². The summed E-state index contributed by atoms with van der Waals surface area (Å²) in [6.45, 7) is 2.65. The predicted molar refractivity (Wildman–Crippen MR) is 61.2 cm³/mol. The predicted octanol–water partition coefficient (Wildman–Crippen LogP) is 2.56. The maximum atomic E-state index is 6.01. The van der Waals surface area contributed by atoms with Crippen LogP contribution in [0.15, 0.2) is 12.1 Å². The Hall–Kier alpha value is -0.770. The van der Waals surface area contributed by atoms with Gasteiger partial charge in [0.25, 0.3) is 0 Å². The van der Waals surface area contributed by atoms with Gasteiger partial charge in [-0.25, -0.2) is 0 Å². The van der Waals surface area contributed by atoms with Gasteiger partial charge in [0, 0.05) is 17.1 Å². The first-order valence-electron chi connectivity index (χ1n) is 4.84. The molecule has 0 saturated carbocycles. The van der Waals surface area contributed by atoms with E-state index < -0.39 is 0 Å². The van der Waals surface area contributed by atoms with Crippen molar-refractivity contribution in [3.05, 3.63) is 28.3 Å². The second-order valence-corrected chi connectivity index (χ2v) is 3.57. The van der Waals surface area contributed by atoms with Gasteiger partial charge in [0.2, 0.25) is 0 Å². The number of hydrogen-bond donors (Lipinski definition) is 1. The fourth-order valence-electron chi connectivity index (χ4n) is 1.52. The van der Waals surface area contributed by atoms with E-state index >= 15 is 0 Å². The first-order chi connectivity index (χ1) is 7.22. The summed E-state index contributed by atoms with van der Waals surface area (Å²) in [5, 5.41) is 0.723. The van der Waals surface area contributed by atoms with Crippen LogP contribution in [0.2, 0.25) is 5.02 Å². The Morgan fingerprint density at radius 1 is 1.27 bits per heavy atom. The molecule has 1 aromatic carbocycles. The van der Waals surface area contributed by atoms with Crippen molar-refractivity contribution < 1.29 is 9.57 Å². The molecule has 0 bridgehead atoms. The Bertz CT molecular complexity index is 329. The highest BCUT2D eigenvalue weighted by Crippen LogP contribution is 2.28. The third kappa shape index (κ3) is 3.09. The lowest BCUT2D eigenvalue weighted by Crippen LogP contribution is -2.12. The van der Waals surface area contributed by atoms with Crippen molar-refractivity contribution in [2.24, 2.45) is 0 Å². The maximum Gasteiger partial charge on any atom is 0.126 e. The Morgan fingerprint density at radius 2 is 1.93 bits per heavy atom. The largest absolute Gasteiger partial charge is 0.496 e. The summed E-state index contributed by atoms with van der Waals surface area (Å²) >= 11 is 6.01. The zero-order valence-electron chi connectivity index (χ0n) is 9.26. The number of benzene rings is 1. The molecule has 0 atom stereocenters. The molecule has 0 aromatic heterocycles. The molecule has 0 aliphatic rings. The van der Waals surface area contributed by atoms with Crippen LogP contribution in [0.3, 0.4) is 0 Å². The Kier molecular flexibility index (Phi) is 4.88. The number of rotatable bonds is 5. The fourth-order valence-corrected chi connectivity index (χ4v) is 1.78. The lowest BCUT2D eigenvalue weighted by Gasteiger charge is -2.13. The van der Waals surface area contributed by atoms with E-state index in [1.54, 1.807) is 14.2 Å². The van der Waals surface area contributed by atoms with E-state index in [4.69, 9.17) is 21.2 Å². The van der Waals surface area contributed by atoms with Crippen LogP contribution in [0, 0.1) is 0 Å². The molecule has 0 radical (unpaired) electrons. The fraction of sp³-hybridized carbons (Fsp3) is 0.455. The van der Waals surface area contributed by atoms with E-state index in [0.29, 0.717) is 6.54 Å². The number of halogens is 1. The molecule has 0 amide bonds. The summed E-state index contributed by atoms with van der Waals surface area (Å²) in [7, 11) is 3.25. The van der Waals surface area contributed by atoms with Crippen LogP contribution in [0.25, 0.3) is 0 Å². The average molecular weight is 230 g/mol. The summed E-state index contributed by atoms with van der Waals surface area (Å²) in [6.07, 6.45) is 0.893. The van der Waals surface area contributed by atoms with Gasteiger partial charge in [-0.3, -0.25) is 0 Å². The quantitative estimate of drug-likeness (QED) is 0.788. The molecular formula is C11H16ClNO2. The first kappa shape index (κ1) is 12.3. The highest BCUT2D eigenvalue weighted by Gasteiger charge is 2.09. The van der Waals surface area contributed by atoms with Crippen LogP contribution in [0.5, 0.6) is 5.75 Å². The van der Waals surface area contributed by atoms with Gasteiger partial charge in [0.05, 0.1) is 14.2 Å². The summed E-state index contributed by atoms with van der Waals surface area (Å²) < 4.78 is 5.37. The van der Waals surface area contributed by atoms with E-state index in [1.807, 2.05) is 12.1 Å². The summed E-state index contributed by atoms with van der Waals surface area (Å²) in [6, 6.07) is 3.81. The third-order valence-corrected chi connectivity index (χ3v) is 2.42. The van der Waals surface area contributed by atoms with E-state index in [9.17, 15) is 0 Å². The lowest BCUT2D eigenvalue weighted by atomic mass is 10.1. The second kappa shape index (κ2) is 5.95. The minimum atomic E-state index is 0.577. The van der Waals surface area contributed by atoms with Gasteiger partial charge in [-0.15, -0.1) is 0 Å². The zero-order chi connectivity index (χ0) is 11.3. The van der Waals surface area contributed by atoms with Gasteiger partial charge in [0.1, 0.15) is 5.75 Å². The van der Waals surface area contributed by atoms with Gasteiger partial charge in [-0.2, -0.15) is 5.48 Å². The first-order valence-corrected chi connectivity index (χ1v) is 5.21. The third-order valence-electron chi connectivity index (χ3n) is 2.20. The van der Waals surface area contributed by atoms with Gasteiger partial charge in [0.15, 0.2) is 0 Å². The number of hydroxylamine groups is 1. The molecule has 1 N–H and O–H groups in total. The molecule has 3 nitrogen and oxygen atoms in total. The SMILES string of the molecule is CCc1cc(Cl)cc(CNOC)c1OC. The highest BCUT2D eigenvalue weighted by atomic mass is 35.5. The molecule has 0 unspecified atom stereocenters. The van der Waals surface area contributed by atoms with Crippen LogP contribution in [-0.2, 0) is 17.8 Å². The van der Waals surface area contributed by atoms with Crippen molar-refractivity contribution in [1.29, 1.82) is 0 Å². The van der Waals surface area contributed by atoms with Gasteiger partial charge < -0.3 is 9.57 Å². The molecule has 0 aliphatic carbocycles. The summed E-state index contributed by atoms with van der Waals surface area (Å²) in [5.74, 6) is 0.881. The van der Waals surface area contributed by atoms with E-state index in [2.05, 4.69) is 12.4 Å². The molecule has 0 saturated heterocycles. The highest BCUT2D eigenvalue weighted by molar-refractivity contribution is 6.30. The van der Waals surface area contributed by atoms with Crippen LogP contribution in [0.1, 0.15) is 18.1 Å². The second-order valence-electron chi connectivity index (χ2n) is 3.14. The molecule has 0 spiro atoms. The van der Waals surface area contributed by atoms with Crippen LogP contribution >= 0.6 is 11.6 Å². The number of aryl methyl sites for hydroxylation is 1. The Balaban J connectivity index is 3.05. The number of hydrogen-bond acceptors (Lipinski definition) is 3. The number of methoxy groups -OCH3 is 1. The van der Waals surface area contributed by atoms with Crippen molar-refractivity contribution >= 4 is 11.6 Å². The Labute approximate surface area is 95.3 Å². The molecule has 0 fully saturated rings. The van der Waals surface area contributed by atoms with Crippen molar-refractivity contribution in [2.45, 2.75) is 19.9 Å². The van der Waals surface area contributed by atoms with Crippen molar-refractivity contribution in [3.8, 4) is 5.75 Å². The molecule has 1 rings (SSSR count). The Morgan fingerprint density at radius 3 is 2.47 bits per heavy atom. The monoisotopic (exact) mass is 229 g/mol. The summed E-state index contributed by atoms with van der Waals surface area (Å²) in [5.41, 5.74) is 4.89. The van der Waals surface area contributed by atoms with Crippen molar-refractivity contribution in [2.75, 3.05) is 14.2 Å². The smallest absolute Gasteiger partial charge is 0.126 e. The van der Waals surface area contributed by atoms with E-state index in [-0.39, 0.29) is 0 Å². The molecule has 0 aliphatic heterocycles. The standard InChI is InChI=1S/C11H16ClNO2/c1-4-8-5-10(12)6-9(7-13-15-3)11(8)14-2/h5-6,13H,4,7H2,1-3H3. The zero-order valence-corrected chi connectivity index (χ0v) is 10.0. The topological polar surface area (TPSA) is 30.5 Å². The van der Waals surface area contributed by atoms with E-state index in [1.165, 1.54) is 0 Å².